The van der Waals surface area contributed by atoms with E-state index in [4.69, 9.17) is 0 Å². The lowest BCUT2D eigenvalue weighted by Gasteiger charge is -1.92. The van der Waals surface area contributed by atoms with Gasteiger partial charge in [0.05, 0.1) is 0 Å². The van der Waals surface area contributed by atoms with Crippen LogP contribution in [0.5, 0.6) is 0 Å². The minimum absolute atomic E-state index is 0. The SMILES string of the molecule is C(=Cc1ccccc1)c1ccccc1.P.c1ccsc1. The van der Waals surface area contributed by atoms with Crippen LogP contribution in [0.25, 0.3) is 12.2 Å². The molecule has 1 atom stereocenters. The summed E-state index contributed by atoms with van der Waals surface area (Å²) in [7, 11) is 0. The smallest absolute Gasteiger partial charge is 0.00934 e. The van der Waals surface area contributed by atoms with E-state index < -0.39 is 0 Å². The highest BCUT2D eigenvalue weighted by Crippen LogP contribution is 2.06. The molecule has 0 aliphatic rings. The molecule has 0 bridgehead atoms. The second kappa shape index (κ2) is 10.1. The van der Waals surface area contributed by atoms with E-state index in [0.717, 1.165) is 0 Å². The van der Waals surface area contributed by atoms with Gasteiger partial charge in [-0.05, 0) is 21.9 Å². The molecule has 0 amide bonds. The molecule has 1 aromatic heterocycles. The number of benzene rings is 2. The predicted octanol–water partition coefficient (Wildman–Crippen LogP) is 5.66. The first-order valence-electron chi connectivity index (χ1n) is 6.20. The van der Waals surface area contributed by atoms with Crippen LogP contribution in [0.1, 0.15) is 11.1 Å². The van der Waals surface area contributed by atoms with Crippen molar-refractivity contribution in [3.63, 3.8) is 0 Å². The molecular weight excluding hydrogens is 279 g/mol. The van der Waals surface area contributed by atoms with Gasteiger partial charge in [-0.2, -0.15) is 21.2 Å². The van der Waals surface area contributed by atoms with Crippen molar-refractivity contribution in [3.05, 3.63) is 94.7 Å². The summed E-state index contributed by atoms with van der Waals surface area (Å²) in [6.45, 7) is 0. The van der Waals surface area contributed by atoms with Crippen molar-refractivity contribution in [1.82, 2.24) is 0 Å². The Bertz CT molecular complexity index is 513. The standard InChI is InChI=1S/C14H12.C4H4S.H3P/c1-3-7-13(8-4-1)11-12-14-9-5-2-6-10-14;1-2-4-5-3-1;/h1-12H;1-4H;1H3. The lowest BCUT2D eigenvalue weighted by Crippen LogP contribution is -1.70. The van der Waals surface area contributed by atoms with Crippen molar-refractivity contribution in [2.45, 2.75) is 0 Å². The highest BCUT2D eigenvalue weighted by molar-refractivity contribution is 7.07. The van der Waals surface area contributed by atoms with E-state index in [2.05, 4.69) is 36.4 Å². The predicted molar refractivity (Wildman–Crippen MR) is 97.2 cm³/mol. The van der Waals surface area contributed by atoms with Gasteiger partial charge in [-0.25, -0.2) is 0 Å². The maximum atomic E-state index is 2.12. The Kier molecular flexibility index (Phi) is 8.30. The van der Waals surface area contributed by atoms with Crippen LogP contribution in [0.3, 0.4) is 0 Å². The van der Waals surface area contributed by atoms with Gasteiger partial charge in [0.1, 0.15) is 0 Å². The van der Waals surface area contributed by atoms with E-state index >= 15 is 0 Å². The second-order valence-electron chi connectivity index (χ2n) is 3.95. The van der Waals surface area contributed by atoms with Crippen molar-refractivity contribution >= 4 is 33.4 Å². The Labute approximate surface area is 128 Å². The van der Waals surface area contributed by atoms with Crippen LogP contribution in [-0.4, -0.2) is 0 Å². The summed E-state index contributed by atoms with van der Waals surface area (Å²) in [6.07, 6.45) is 4.24. The molecule has 0 saturated heterocycles. The maximum Gasteiger partial charge on any atom is -0.00934 e. The largest absolute Gasteiger partial charge is 0.153 e. The molecule has 0 radical (unpaired) electrons. The summed E-state index contributed by atoms with van der Waals surface area (Å²) in [6, 6.07) is 24.7. The summed E-state index contributed by atoms with van der Waals surface area (Å²) in [5, 5.41) is 4.08. The Morgan fingerprint density at radius 1 is 0.550 bits per heavy atom. The monoisotopic (exact) mass is 298 g/mol. The van der Waals surface area contributed by atoms with Crippen LogP contribution in [-0.2, 0) is 0 Å². The first-order valence-corrected chi connectivity index (χ1v) is 7.15. The molecule has 2 heteroatoms. The third kappa shape index (κ3) is 6.47. The summed E-state index contributed by atoms with van der Waals surface area (Å²) in [5.41, 5.74) is 2.47. The molecule has 2 aromatic carbocycles. The average molecular weight is 298 g/mol. The molecule has 1 heterocycles. The molecule has 0 aliphatic carbocycles. The van der Waals surface area contributed by atoms with E-state index in [1.807, 2.05) is 59.3 Å². The molecule has 0 nitrogen and oxygen atoms in total. The fourth-order valence-corrected chi connectivity index (χ4v) is 2.00. The van der Waals surface area contributed by atoms with Crippen molar-refractivity contribution in [1.29, 1.82) is 0 Å². The van der Waals surface area contributed by atoms with Gasteiger partial charge in [-0.1, -0.05) is 84.9 Å². The normalized spacial score (nSPS) is 9.40. The summed E-state index contributed by atoms with van der Waals surface area (Å²) < 4.78 is 0. The molecule has 0 fully saturated rings. The Morgan fingerprint density at radius 3 is 1.25 bits per heavy atom. The molecule has 0 aliphatic heterocycles. The van der Waals surface area contributed by atoms with Crippen molar-refractivity contribution < 1.29 is 0 Å². The van der Waals surface area contributed by atoms with Gasteiger partial charge in [-0.15, -0.1) is 0 Å². The van der Waals surface area contributed by atoms with E-state index in [0.29, 0.717) is 0 Å². The molecular formula is C18H19PS. The van der Waals surface area contributed by atoms with Crippen LogP contribution in [0, 0.1) is 0 Å². The second-order valence-corrected chi connectivity index (χ2v) is 4.76. The summed E-state index contributed by atoms with van der Waals surface area (Å²) in [4.78, 5) is 0. The van der Waals surface area contributed by atoms with Crippen LogP contribution >= 0.6 is 21.2 Å². The highest BCUT2D eigenvalue weighted by Gasteiger charge is 1.84. The Hall–Kier alpha value is -1.69. The first kappa shape index (κ1) is 16.4. The summed E-state index contributed by atoms with van der Waals surface area (Å²) in [5.74, 6) is 0. The lowest BCUT2D eigenvalue weighted by atomic mass is 10.1. The van der Waals surface area contributed by atoms with E-state index in [1.54, 1.807) is 11.3 Å². The number of hydrogen-bond acceptors (Lipinski definition) is 1. The molecule has 102 valence electrons. The zero-order chi connectivity index (χ0) is 13.2. The number of hydrogen-bond donors (Lipinski definition) is 0. The molecule has 0 N–H and O–H groups in total. The van der Waals surface area contributed by atoms with Crippen LogP contribution < -0.4 is 0 Å². The number of rotatable bonds is 2. The van der Waals surface area contributed by atoms with Gasteiger partial charge in [0.15, 0.2) is 0 Å². The zero-order valence-electron chi connectivity index (χ0n) is 11.4. The molecule has 0 spiro atoms. The zero-order valence-corrected chi connectivity index (χ0v) is 13.6. The van der Waals surface area contributed by atoms with Crippen LogP contribution in [0.2, 0.25) is 0 Å². The minimum Gasteiger partial charge on any atom is -0.153 e. The van der Waals surface area contributed by atoms with E-state index in [-0.39, 0.29) is 9.90 Å². The molecule has 1 unspecified atom stereocenters. The Balaban J connectivity index is 0.000000283. The quantitative estimate of drug-likeness (QED) is 0.423. The van der Waals surface area contributed by atoms with Gasteiger partial charge in [0.25, 0.3) is 0 Å². The third-order valence-corrected chi connectivity index (χ3v) is 3.12. The first-order chi connectivity index (χ1) is 9.45. The summed E-state index contributed by atoms with van der Waals surface area (Å²) >= 11 is 1.71. The van der Waals surface area contributed by atoms with Gasteiger partial charge >= 0.3 is 0 Å². The van der Waals surface area contributed by atoms with Crippen LogP contribution in [0.4, 0.5) is 0 Å². The molecule has 3 rings (SSSR count). The topological polar surface area (TPSA) is 0 Å². The van der Waals surface area contributed by atoms with Crippen molar-refractivity contribution in [2.24, 2.45) is 0 Å². The fourth-order valence-electron chi connectivity index (χ4n) is 1.55. The minimum atomic E-state index is 0. The molecule has 3 aromatic rings. The third-order valence-electron chi connectivity index (χ3n) is 2.49. The average Bonchev–Trinajstić information content (AvgIpc) is 3.07. The maximum absolute atomic E-state index is 2.12. The van der Waals surface area contributed by atoms with E-state index in [9.17, 15) is 0 Å². The van der Waals surface area contributed by atoms with E-state index in [1.165, 1.54) is 11.1 Å². The highest BCUT2D eigenvalue weighted by atomic mass is 32.1. The number of thiophene rings is 1. The fraction of sp³-hybridized carbons (Fsp3) is 0. The van der Waals surface area contributed by atoms with Gasteiger partial charge in [-0.3, -0.25) is 0 Å². The van der Waals surface area contributed by atoms with Gasteiger partial charge in [0, 0.05) is 0 Å². The van der Waals surface area contributed by atoms with Gasteiger partial charge < -0.3 is 0 Å². The molecule has 20 heavy (non-hydrogen) atoms. The van der Waals surface area contributed by atoms with Gasteiger partial charge in [0.2, 0.25) is 0 Å². The van der Waals surface area contributed by atoms with Crippen molar-refractivity contribution in [2.75, 3.05) is 0 Å². The Morgan fingerprint density at radius 2 is 0.950 bits per heavy atom. The van der Waals surface area contributed by atoms with Crippen molar-refractivity contribution in [3.8, 4) is 0 Å². The molecule has 0 saturated carbocycles. The lowest BCUT2D eigenvalue weighted by molar-refractivity contribution is 1.65. The van der Waals surface area contributed by atoms with Crippen LogP contribution in [0.15, 0.2) is 83.6 Å².